The van der Waals surface area contributed by atoms with Gasteiger partial charge in [0, 0.05) is 17.5 Å². The van der Waals surface area contributed by atoms with E-state index in [-0.39, 0.29) is 12.5 Å². The number of hydrogen-bond acceptors (Lipinski definition) is 5. The van der Waals surface area contributed by atoms with Crippen LogP contribution in [0.2, 0.25) is 0 Å². The fourth-order valence-electron chi connectivity index (χ4n) is 4.09. The number of hydrogen-bond donors (Lipinski definition) is 2. The lowest BCUT2D eigenvalue weighted by molar-refractivity contribution is -0.917. The molecule has 0 saturated carbocycles. The Kier molecular flexibility index (Phi) is 6.27. The number of fused-ring (bicyclic) bond motifs is 1. The van der Waals surface area contributed by atoms with Crippen LogP contribution in [-0.2, 0) is 17.8 Å². The van der Waals surface area contributed by atoms with E-state index in [0.717, 1.165) is 38.4 Å². The summed E-state index contributed by atoms with van der Waals surface area (Å²) in [5, 5.41) is 0. The van der Waals surface area contributed by atoms with Gasteiger partial charge in [0.05, 0.1) is 39.9 Å². The van der Waals surface area contributed by atoms with Gasteiger partial charge in [0.2, 0.25) is 0 Å². The molecule has 8 heteroatoms. The highest BCUT2D eigenvalue weighted by atomic mass is 16.5. The van der Waals surface area contributed by atoms with Crippen molar-refractivity contribution >= 4 is 11.8 Å². The lowest BCUT2D eigenvalue weighted by atomic mass is 10.1. The number of nitrogens with two attached hydrogens (primary N) is 1. The second-order valence-electron chi connectivity index (χ2n) is 7.88. The maximum absolute atomic E-state index is 13.0. The van der Waals surface area contributed by atoms with Crippen molar-refractivity contribution in [2.24, 2.45) is 5.73 Å². The molecule has 2 aliphatic rings. The summed E-state index contributed by atoms with van der Waals surface area (Å²) in [6, 6.07) is 11.4. The molecule has 8 nitrogen and oxygen atoms in total. The monoisotopic (exact) mass is 426 g/mol. The van der Waals surface area contributed by atoms with Gasteiger partial charge in [-0.05, 0) is 42.0 Å². The number of amides is 2. The summed E-state index contributed by atoms with van der Waals surface area (Å²) in [6.45, 7) is 4.68. The second kappa shape index (κ2) is 9.26. The summed E-state index contributed by atoms with van der Waals surface area (Å²) in [5.41, 5.74) is 8.26. The van der Waals surface area contributed by atoms with E-state index in [1.807, 2.05) is 4.90 Å². The summed E-state index contributed by atoms with van der Waals surface area (Å²) >= 11 is 0. The molecule has 4 rings (SSSR count). The smallest absolute Gasteiger partial charge is 0.255 e. The minimum Gasteiger partial charge on any atom is -0.493 e. The van der Waals surface area contributed by atoms with E-state index in [9.17, 15) is 9.59 Å². The summed E-state index contributed by atoms with van der Waals surface area (Å²) in [5.74, 6) is 1.18. The van der Waals surface area contributed by atoms with E-state index >= 15 is 0 Å². The zero-order chi connectivity index (χ0) is 21.8. The lowest BCUT2D eigenvalue weighted by Crippen LogP contribution is -3.13. The maximum atomic E-state index is 13.0. The van der Waals surface area contributed by atoms with Gasteiger partial charge in [-0.1, -0.05) is 0 Å². The normalized spacial score (nSPS) is 15.8. The number of carbonyl (C=O) groups excluding carboxylic acids is 2. The molecule has 2 aliphatic heterocycles. The van der Waals surface area contributed by atoms with Crippen LogP contribution < -0.4 is 24.8 Å². The quantitative estimate of drug-likeness (QED) is 0.652. The number of nitrogens with one attached hydrogen (secondary N) is 1. The van der Waals surface area contributed by atoms with Crippen LogP contribution in [0.25, 0.3) is 0 Å². The van der Waals surface area contributed by atoms with Crippen molar-refractivity contribution in [2.45, 2.75) is 13.0 Å². The number of carbonyl (C=O) groups is 2. The molecule has 0 radical (unpaired) electrons. The van der Waals surface area contributed by atoms with Gasteiger partial charge in [-0.25, -0.2) is 0 Å². The molecule has 0 aliphatic carbocycles. The van der Waals surface area contributed by atoms with Gasteiger partial charge in [0.25, 0.3) is 11.8 Å². The van der Waals surface area contributed by atoms with Crippen LogP contribution in [0.3, 0.4) is 0 Å². The van der Waals surface area contributed by atoms with Crippen LogP contribution in [-0.4, -0.2) is 63.2 Å². The number of benzene rings is 2. The number of nitrogens with zero attached hydrogens (tertiary/aromatic N) is 1. The van der Waals surface area contributed by atoms with Crippen molar-refractivity contribution in [3.05, 3.63) is 53.1 Å². The molecule has 2 aromatic carbocycles. The average Bonchev–Trinajstić information content (AvgIpc) is 3.25. The Morgan fingerprint density at radius 3 is 2.68 bits per heavy atom. The van der Waals surface area contributed by atoms with Crippen molar-refractivity contribution in [1.29, 1.82) is 0 Å². The third kappa shape index (κ3) is 4.91. The summed E-state index contributed by atoms with van der Waals surface area (Å²) in [6.07, 6.45) is 0.983. The zero-order valence-corrected chi connectivity index (χ0v) is 17.7. The maximum Gasteiger partial charge on any atom is 0.255 e. The zero-order valence-electron chi connectivity index (χ0n) is 17.7. The topological polar surface area (TPSA) is 95.5 Å². The van der Waals surface area contributed by atoms with Gasteiger partial charge in [-0.3, -0.25) is 9.59 Å². The highest BCUT2D eigenvalue weighted by Crippen LogP contribution is 2.29. The SMILES string of the molecule is COc1cc(C(=O)N2CC[NH+](Cc3ccc4c(c3)CCO4)CC2)ccc1OCC(N)=O. The highest BCUT2D eigenvalue weighted by molar-refractivity contribution is 5.95. The molecule has 0 atom stereocenters. The van der Waals surface area contributed by atoms with Crippen LogP contribution in [0.15, 0.2) is 36.4 Å². The Bertz CT molecular complexity index is 970. The molecule has 0 bridgehead atoms. The van der Waals surface area contributed by atoms with Gasteiger partial charge in [0.1, 0.15) is 12.3 Å². The molecule has 1 saturated heterocycles. The molecule has 0 unspecified atom stereocenters. The summed E-state index contributed by atoms with van der Waals surface area (Å²) in [7, 11) is 1.49. The summed E-state index contributed by atoms with van der Waals surface area (Å²) in [4.78, 5) is 27.2. The van der Waals surface area contributed by atoms with Crippen LogP contribution in [0, 0.1) is 0 Å². The minimum atomic E-state index is -0.573. The van der Waals surface area contributed by atoms with Crippen molar-refractivity contribution < 1.29 is 28.7 Å². The Morgan fingerprint density at radius 2 is 1.94 bits per heavy atom. The van der Waals surface area contributed by atoms with E-state index in [0.29, 0.717) is 30.2 Å². The molecule has 31 heavy (non-hydrogen) atoms. The first kappa shape index (κ1) is 21.0. The van der Waals surface area contributed by atoms with E-state index in [2.05, 4.69) is 18.2 Å². The van der Waals surface area contributed by atoms with Gasteiger partial charge in [-0.2, -0.15) is 0 Å². The number of methoxy groups -OCH3 is 1. The number of piperazine rings is 1. The van der Waals surface area contributed by atoms with E-state index in [1.165, 1.54) is 23.1 Å². The highest BCUT2D eigenvalue weighted by Gasteiger charge is 2.26. The Morgan fingerprint density at radius 1 is 1.13 bits per heavy atom. The number of quaternary nitrogens is 1. The van der Waals surface area contributed by atoms with Gasteiger partial charge in [0.15, 0.2) is 18.1 Å². The Hall–Kier alpha value is -3.26. The molecule has 164 valence electrons. The minimum absolute atomic E-state index is 0.0338. The molecule has 2 aromatic rings. The second-order valence-corrected chi connectivity index (χ2v) is 7.88. The van der Waals surface area contributed by atoms with Crippen LogP contribution in [0.5, 0.6) is 17.2 Å². The third-order valence-corrected chi connectivity index (χ3v) is 5.75. The van der Waals surface area contributed by atoms with Crippen molar-refractivity contribution in [3.8, 4) is 17.2 Å². The Labute approximate surface area is 181 Å². The fraction of sp³-hybridized carbons (Fsp3) is 0.391. The number of ether oxygens (including phenoxy) is 3. The Balaban J connectivity index is 1.34. The first-order chi connectivity index (χ1) is 15.0. The van der Waals surface area contributed by atoms with Crippen molar-refractivity contribution in [1.82, 2.24) is 4.90 Å². The molecule has 1 fully saturated rings. The molecular weight excluding hydrogens is 398 g/mol. The molecular formula is C23H28N3O5+. The summed E-state index contributed by atoms with van der Waals surface area (Å²) < 4.78 is 16.2. The average molecular weight is 426 g/mol. The van der Waals surface area contributed by atoms with Crippen molar-refractivity contribution in [3.63, 3.8) is 0 Å². The van der Waals surface area contributed by atoms with Crippen molar-refractivity contribution in [2.75, 3.05) is 46.5 Å². The molecule has 0 spiro atoms. The molecule has 2 heterocycles. The van der Waals surface area contributed by atoms with Crippen LogP contribution in [0.1, 0.15) is 21.5 Å². The predicted octanol–water partition coefficient (Wildman–Crippen LogP) is 0.0351. The van der Waals surface area contributed by atoms with Crippen LogP contribution in [0.4, 0.5) is 0 Å². The van der Waals surface area contributed by atoms with Gasteiger partial charge < -0.3 is 29.7 Å². The van der Waals surface area contributed by atoms with Crippen LogP contribution >= 0.6 is 0 Å². The lowest BCUT2D eigenvalue weighted by Gasteiger charge is -2.32. The van der Waals surface area contributed by atoms with E-state index < -0.39 is 5.91 Å². The molecule has 2 amide bonds. The predicted molar refractivity (Wildman–Crippen MR) is 114 cm³/mol. The first-order valence-corrected chi connectivity index (χ1v) is 10.5. The third-order valence-electron chi connectivity index (χ3n) is 5.75. The first-order valence-electron chi connectivity index (χ1n) is 10.5. The fourth-order valence-corrected chi connectivity index (χ4v) is 4.09. The van der Waals surface area contributed by atoms with Gasteiger partial charge in [-0.15, -0.1) is 0 Å². The molecule has 0 aromatic heterocycles. The number of rotatable bonds is 7. The van der Waals surface area contributed by atoms with E-state index in [1.54, 1.807) is 18.2 Å². The van der Waals surface area contributed by atoms with Gasteiger partial charge >= 0.3 is 0 Å². The number of primary amides is 1. The molecule has 3 N–H and O–H groups in total. The standard InChI is InChI=1S/C23H27N3O5/c1-29-21-13-18(3-5-20(21)31-15-22(24)27)23(28)26-9-7-25(8-10-26)14-16-2-4-19-17(12-16)6-11-30-19/h2-5,12-13H,6-11,14-15H2,1H3,(H2,24,27)/p+1. The van der Waals surface area contributed by atoms with E-state index in [4.69, 9.17) is 19.9 Å². The largest absolute Gasteiger partial charge is 0.493 e.